The number of nitrogens with zero attached hydrogens (tertiary/aromatic N) is 1. The first-order valence-corrected chi connectivity index (χ1v) is 9.92. The third-order valence-corrected chi connectivity index (χ3v) is 5.11. The van der Waals surface area contributed by atoms with Gasteiger partial charge in [0.15, 0.2) is 6.61 Å². The van der Waals surface area contributed by atoms with Crippen LogP contribution in [0.4, 0.5) is 4.79 Å². The van der Waals surface area contributed by atoms with E-state index in [0.29, 0.717) is 37.4 Å². The first-order chi connectivity index (χ1) is 13.4. The summed E-state index contributed by atoms with van der Waals surface area (Å²) in [6.07, 6.45) is 0.866. The van der Waals surface area contributed by atoms with E-state index >= 15 is 0 Å². The molecule has 0 bridgehead atoms. The van der Waals surface area contributed by atoms with Gasteiger partial charge in [-0.25, -0.2) is 4.79 Å². The van der Waals surface area contributed by atoms with Gasteiger partial charge in [0, 0.05) is 24.0 Å². The Kier molecular flexibility index (Phi) is 8.24. The van der Waals surface area contributed by atoms with Crippen molar-refractivity contribution >= 4 is 35.2 Å². The summed E-state index contributed by atoms with van der Waals surface area (Å²) in [6.45, 7) is 4.24. The van der Waals surface area contributed by atoms with Crippen LogP contribution in [-0.4, -0.2) is 67.7 Å². The SMILES string of the molecule is CCOC(=O)N1CCC(NC(=O)COC(=O)CNC(=O)c2ccc(C)s2)CC1. The molecule has 28 heavy (non-hydrogen) atoms. The molecule has 0 unspecified atom stereocenters. The number of esters is 1. The average Bonchev–Trinajstić information content (AvgIpc) is 3.11. The Balaban J connectivity index is 1.61. The van der Waals surface area contributed by atoms with E-state index in [1.807, 2.05) is 13.0 Å². The number of likely N-dealkylation sites (tertiary alicyclic amines) is 1. The van der Waals surface area contributed by atoms with Gasteiger partial charge in [0.1, 0.15) is 6.54 Å². The highest BCUT2D eigenvalue weighted by Crippen LogP contribution is 2.14. The number of thiophene rings is 1. The molecular formula is C18H25N3O6S. The number of amides is 3. The van der Waals surface area contributed by atoms with E-state index in [2.05, 4.69) is 10.6 Å². The minimum Gasteiger partial charge on any atom is -0.454 e. The number of carbonyl (C=O) groups excluding carboxylic acids is 4. The zero-order chi connectivity index (χ0) is 20.5. The summed E-state index contributed by atoms with van der Waals surface area (Å²) < 4.78 is 9.83. The molecule has 0 spiro atoms. The van der Waals surface area contributed by atoms with Crippen molar-refractivity contribution in [1.29, 1.82) is 0 Å². The van der Waals surface area contributed by atoms with E-state index in [0.717, 1.165) is 4.88 Å². The van der Waals surface area contributed by atoms with Gasteiger partial charge in [-0.2, -0.15) is 0 Å². The Morgan fingerprint density at radius 3 is 2.50 bits per heavy atom. The summed E-state index contributed by atoms with van der Waals surface area (Å²) in [5.74, 6) is -1.45. The predicted molar refractivity (Wildman–Crippen MR) is 102 cm³/mol. The van der Waals surface area contributed by atoms with Crippen molar-refractivity contribution in [2.75, 3.05) is 32.8 Å². The number of rotatable bonds is 7. The van der Waals surface area contributed by atoms with Crippen molar-refractivity contribution in [3.63, 3.8) is 0 Å². The molecule has 1 aromatic heterocycles. The van der Waals surface area contributed by atoms with Crippen molar-refractivity contribution < 1.29 is 28.7 Å². The zero-order valence-electron chi connectivity index (χ0n) is 16.0. The molecule has 9 nitrogen and oxygen atoms in total. The maximum absolute atomic E-state index is 11.9. The largest absolute Gasteiger partial charge is 0.454 e. The predicted octanol–water partition coefficient (Wildman–Crippen LogP) is 1.07. The Hall–Kier alpha value is -2.62. The van der Waals surface area contributed by atoms with Gasteiger partial charge < -0.3 is 25.0 Å². The van der Waals surface area contributed by atoms with Crippen molar-refractivity contribution in [2.24, 2.45) is 0 Å². The molecule has 1 aromatic rings. The molecule has 2 rings (SSSR count). The molecule has 0 aromatic carbocycles. The lowest BCUT2D eigenvalue weighted by Crippen LogP contribution is -2.47. The van der Waals surface area contributed by atoms with E-state index in [1.54, 1.807) is 17.9 Å². The molecule has 0 saturated carbocycles. The smallest absolute Gasteiger partial charge is 0.409 e. The van der Waals surface area contributed by atoms with Crippen LogP contribution in [0.2, 0.25) is 0 Å². The highest BCUT2D eigenvalue weighted by atomic mass is 32.1. The summed E-state index contributed by atoms with van der Waals surface area (Å²) in [4.78, 5) is 50.2. The maximum atomic E-state index is 11.9. The number of hydrogen-bond donors (Lipinski definition) is 2. The quantitative estimate of drug-likeness (QED) is 0.649. The summed E-state index contributed by atoms with van der Waals surface area (Å²) in [5, 5.41) is 5.24. The van der Waals surface area contributed by atoms with Crippen molar-refractivity contribution in [1.82, 2.24) is 15.5 Å². The second kappa shape index (κ2) is 10.6. The molecule has 1 fully saturated rings. The molecular weight excluding hydrogens is 386 g/mol. The van der Waals surface area contributed by atoms with Gasteiger partial charge in [-0.1, -0.05) is 0 Å². The van der Waals surface area contributed by atoms with E-state index in [-0.39, 0.29) is 24.6 Å². The van der Waals surface area contributed by atoms with Crippen LogP contribution in [0.25, 0.3) is 0 Å². The Labute approximate surface area is 167 Å². The van der Waals surface area contributed by atoms with Crippen LogP contribution in [-0.2, 0) is 19.1 Å². The number of piperidine rings is 1. The van der Waals surface area contributed by atoms with Gasteiger partial charge >= 0.3 is 12.1 Å². The number of ether oxygens (including phenoxy) is 2. The van der Waals surface area contributed by atoms with Gasteiger partial charge in [0.05, 0.1) is 11.5 Å². The summed E-state index contributed by atoms with van der Waals surface area (Å²) in [5.41, 5.74) is 0. The van der Waals surface area contributed by atoms with Gasteiger partial charge in [0.25, 0.3) is 11.8 Å². The fourth-order valence-electron chi connectivity index (χ4n) is 2.68. The second-order valence-electron chi connectivity index (χ2n) is 6.28. The standard InChI is InChI=1S/C18H25N3O6S/c1-3-26-18(25)21-8-6-13(7-9-21)20-15(22)11-27-16(23)10-19-17(24)14-5-4-12(2)28-14/h4-5,13H,3,6-11H2,1-2H3,(H,19,24)(H,20,22). The van der Waals surface area contributed by atoms with Crippen LogP contribution >= 0.6 is 11.3 Å². The van der Waals surface area contributed by atoms with Crippen LogP contribution in [0.1, 0.15) is 34.3 Å². The topological polar surface area (TPSA) is 114 Å². The third-order valence-electron chi connectivity index (χ3n) is 4.11. The molecule has 2 N–H and O–H groups in total. The lowest BCUT2D eigenvalue weighted by Gasteiger charge is -2.31. The third kappa shape index (κ3) is 6.84. The molecule has 0 radical (unpaired) electrons. The Bertz CT molecular complexity index is 712. The van der Waals surface area contributed by atoms with Crippen LogP contribution < -0.4 is 10.6 Å². The van der Waals surface area contributed by atoms with Crippen molar-refractivity contribution in [3.8, 4) is 0 Å². The highest BCUT2D eigenvalue weighted by Gasteiger charge is 2.24. The Morgan fingerprint density at radius 1 is 1.18 bits per heavy atom. The van der Waals surface area contributed by atoms with Crippen LogP contribution in [0.3, 0.4) is 0 Å². The number of aryl methyl sites for hydroxylation is 1. The number of carbonyl (C=O) groups is 4. The van der Waals surface area contributed by atoms with E-state index in [1.165, 1.54) is 11.3 Å². The van der Waals surface area contributed by atoms with E-state index in [4.69, 9.17) is 9.47 Å². The Morgan fingerprint density at radius 2 is 1.89 bits per heavy atom. The maximum Gasteiger partial charge on any atom is 0.409 e. The minimum absolute atomic E-state index is 0.0846. The molecule has 2 heterocycles. The number of hydrogen-bond acceptors (Lipinski definition) is 7. The molecule has 0 atom stereocenters. The second-order valence-corrected chi connectivity index (χ2v) is 7.57. The van der Waals surface area contributed by atoms with Crippen molar-refractivity contribution in [3.05, 3.63) is 21.9 Å². The molecule has 3 amide bonds. The van der Waals surface area contributed by atoms with E-state index < -0.39 is 18.5 Å². The van der Waals surface area contributed by atoms with Crippen LogP contribution in [0.5, 0.6) is 0 Å². The monoisotopic (exact) mass is 411 g/mol. The van der Waals surface area contributed by atoms with Gasteiger partial charge in [-0.15, -0.1) is 11.3 Å². The summed E-state index contributed by atoms with van der Waals surface area (Å²) in [6, 6.07) is 3.42. The first-order valence-electron chi connectivity index (χ1n) is 9.10. The van der Waals surface area contributed by atoms with E-state index in [9.17, 15) is 19.2 Å². The van der Waals surface area contributed by atoms with Gasteiger partial charge in [0.2, 0.25) is 0 Å². The van der Waals surface area contributed by atoms with Crippen LogP contribution in [0.15, 0.2) is 12.1 Å². The number of nitrogens with one attached hydrogen (secondary N) is 2. The molecule has 154 valence electrons. The lowest BCUT2D eigenvalue weighted by molar-refractivity contribution is -0.147. The highest BCUT2D eigenvalue weighted by molar-refractivity contribution is 7.13. The molecule has 1 saturated heterocycles. The molecule has 1 aliphatic heterocycles. The minimum atomic E-state index is -0.686. The lowest BCUT2D eigenvalue weighted by atomic mass is 10.1. The normalized spacial score (nSPS) is 14.3. The first kappa shape index (κ1) is 21.7. The molecule has 0 aliphatic carbocycles. The van der Waals surface area contributed by atoms with Crippen molar-refractivity contribution in [2.45, 2.75) is 32.7 Å². The fourth-order valence-corrected chi connectivity index (χ4v) is 3.47. The fraction of sp³-hybridized carbons (Fsp3) is 0.556. The summed E-state index contributed by atoms with van der Waals surface area (Å²) in [7, 11) is 0. The van der Waals surface area contributed by atoms with Crippen LogP contribution in [0, 0.1) is 6.92 Å². The average molecular weight is 411 g/mol. The summed E-state index contributed by atoms with van der Waals surface area (Å²) >= 11 is 1.33. The zero-order valence-corrected chi connectivity index (χ0v) is 16.8. The van der Waals surface area contributed by atoms with Gasteiger partial charge in [-0.05, 0) is 38.8 Å². The molecule has 10 heteroatoms. The molecule has 1 aliphatic rings. The van der Waals surface area contributed by atoms with Gasteiger partial charge in [-0.3, -0.25) is 14.4 Å².